The van der Waals surface area contributed by atoms with Crippen molar-refractivity contribution >= 4 is 10.0 Å². The van der Waals surface area contributed by atoms with E-state index in [-0.39, 0.29) is 17.5 Å². The van der Waals surface area contributed by atoms with Crippen LogP contribution in [0.1, 0.15) is 25.8 Å². The molecule has 7 heteroatoms. The molecule has 0 heterocycles. The molecule has 0 radical (unpaired) electrons. The fourth-order valence-electron chi connectivity index (χ4n) is 1.74. The molecule has 0 amide bonds. The summed E-state index contributed by atoms with van der Waals surface area (Å²) in [4.78, 5) is -0.0203. The van der Waals surface area contributed by atoms with Gasteiger partial charge >= 0.3 is 0 Å². The number of halogens is 1. The van der Waals surface area contributed by atoms with Gasteiger partial charge < -0.3 is 10.1 Å². The first kappa shape index (κ1) is 18.0. The van der Waals surface area contributed by atoms with Crippen LogP contribution in [0.3, 0.4) is 0 Å². The minimum absolute atomic E-state index is 0.0203. The third kappa shape index (κ3) is 6.09. The summed E-state index contributed by atoms with van der Waals surface area (Å²) in [5.41, 5.74) is 0.546. The molecule has 0 aliphatic rings. The van der Waals surface area contributed by atoms with Crippen LogP contribution in [0, 0.1) is 5.82 Å². The van der Waals surface area contributed by atoms with Crippen molar-refractivity contribution in [3.63, 3.8) is 0 Å². The summed E-state index contributed by atoms with van der Waals surface area (Å²) in [7, 11) is -2.18. The number of benzene rings is 1. The Balaban J connectivity index is 2.89. The van der Waals surface area contributed by atoms with Crippen LogP contribution >= 0.6 is 0 Å². The largest absolute Gasteiger partial charge is 0.385 e. The molecule has 0 saturated heterocycles. The van der Waals surface area contributed by atoms with Gasteiger partial charge in [-0.2, -0.15) is 0 Å². The van der Waals surface area contributed by atoms with E-state index in [0.29, 0.717) is 25.1 Å². The van der Waals surface area contributed by atoms with Crippen LogP contribution in [0.15, 0.2) is 23.1 Å². The van der Waals surface area contributed by atoms with Gasteiger partial charge in [-0.25, -0.2) is 17.5 Å². The lowest BCUT2D eigenvalue weighted by molar-refractivity contribution is 0.196. The molecule has 0 fully saturated rings. The van der Waals surface area contributed by atoms with Crippen molar-refractivity contribution in [2.75, 3.05) is 20.3 Å². The molecule has 0 aliphatic heterocycles. The van der Waals surface area contributed by atoms with Gasteiger partial charge in [0.25, 0.3) is 0 Å². The Morgan fingerprint density at radius 1 is 1.33 bits per heavy atom. The van der Waals surface area contributed by atoms with E-state index in [2.05, 4.69) is 10.0 Å². The molecule has 1 aromatic carbocycles. The lowest BCUT2D eigenvalue weighted by Crippen LogP contribution is -2.28. The highest BCUT2D eigenvalue weighted by Gasteiger charge is 2.19. The molecule has 0 aliphatic carbocycles. The molecule has 1 rings (SSSR count). The Labute approximate surface area is 125 Å². The summed E-state index contributed by atoms with van der Waals surface area (Å²) >= 11 is 0. The Bertz CT molecular complexity index is 547. The number of ether oxygens (including phenoxy) is 1. The average Bonchev–Trinajstić information content (AvgIpc) is 2.42. The summed E-state index contributed by atoms with van der Waals surface area (Å²) in [6.45, 7) is 5.00. The van der Waals surface area contributed by atoms with Crippen LogP contribution in [0.25, 0.3) is 0 Å². The van der Waals surface area contributed by atoms with Crippen molar-refractivity contribution in [2.24, 2.45) is 0 Å². The van der Waals surface area contributed by atoms with E-state index in [9.17, 15) is 12.8 Å². The Morgan fingerprint density at radius 2 is 2.05 bits per heavy atom. The number of nitrogens with one attached hydrogen (secondary N) is 2. The minimum atomic E-state index is -3.73. The number of rotatable bonds is 9. The fraction of sp³-hybridized carbons (Fsp3) is 0.571. The molecule has 0 aromatic heterocycles. The summed E-state index contributed by atoms with van der Waals surface area (Å²) < 4.78 is 45.2. The molecular formula is C14H23FN2O3S. The maximum absolute atomic E-state index is 13.4. The van der Waals surface area contributed by atoms with Crippen molar-refractivity contribution < 1.29 is 17.5 Å². The first-order chi connectivity index (χ1) is 9.86. The molecular weight excluding hydrogens is 295 g/mol. The van der Waals surface area contributed by atoms with Gasteiger partial charge in [0.2, 0.25) is 10.0 Å². The number of hydrogen-bond acceptors (Lipinski definition) is 4. The van der Waals surface area contributed by atoms with E-state index in [4.69, 9.17) is 4.74 Å². The van der Waals surface area contributed by atoms with Crippen LogP contribution in [0.2, 0.25) is 0 Å². The van der Waals surface area contributed by atoms with E-state index in [1.165, 1.54) is 12.1 Å². The Kier molecular flexibility index (Phi) is 7.24. The monoisotopic (exact) mass is 318 g/mol. The van der Waals surface area contributed by atoms with Crippen LogP contribution in [0.5, 0.6) is 0 Å². The predicted octanol–water partition coefficient (Wildman–Crippen LogP) is 1.64. The quantitative estimate of drug-likeness (QED) is 0.679. The highest BCUT2D eigenvalue weighted by Crippen LogP contribution is 2.17. The molecule has 1 aromatic rings. The smallest absolute Gasteiger partial charge is 0.240 e. The molecule has 0 spiro atoms. The first-order valence-electron chi connectivity index (χ1n) is 6.87. The second-order valence-corrected chi connectivity index (χ2v) is 6.77. The topological polar surface area (TPSA) is 67.4 Å². The van der Waals surface area contributed by atoms with Crippen LogP contribution < -0.4 is 10.0 Å². The second-order valence-electron chi connectivity index (χ2n) is 5.03. The fourth-order valence-corrected chi connectivity index (χ4v) is 3.06. The third-order valence-corrected chi connectivity index (χ3v) is 4.38. The van der Waals surface area contributed by atoms with Crippen molar-refractivity contribution in [2.45, 2.75) is 37.8 Å². The van der Waals surface area contributed by atoms with Crippen molar-refractivity contribution in [1.82, 2.24) is 10.0 Å². The summed E-state index contributed by atoms with van der Waals surface area (Å²) in [5.74, 6) is -0.569. The third-order valence-electron chi connectivity index (χ3n) is 2.84. The minimum Gasteiger partial charge on any atom is -0.385 e. The molecule has 0 bridgehead atoms. The van der Waals surface area contributed by atoms with Gasteiger partial charge in [-0.05, 0) is 24.1 Å². The average molecular weight is 318 g/mol. The Morgan fingerprint density at radius 3 is 2.67 bits per heavy atom. The molecule has 0 unspecified atom stereocenters. The Hall–Kier alpha value is -1.02. The lowest BCUT2D eigenvalue weighted by Gasteiger charge is -2.14. The number of hydrogen-bond donors (Lipinski definition) is 2. The van der Waals surface area contributed by atoms with Gasteiger partial charge in [0.15, 0.2) is 0 Å². The SMILES string of the molecule is COCCCNS(=O)(=O)c1cc(F)ccc1CNC(C)C. The standard InChI is InChI=1S/C14H23FN2O3S/c1-11(2)16-10-12-5-6-13(15)9-14(12)21(18,19)17-7-4-8-20-3/h5-6,9,11,16-17H,4,7-8,10H2,1-3H3. The van der Waals surface area contributed by atoms with Crippen LogP contribution in [0.4, 0.5) is 4.39 Å². The predicted molar refractivity (Wildman–Crippen MR) is 80.1 cm³/mol. The van der Waals surface area contributed by atoms with E-state index < -0.39 is 15.8 Å². The highest BCUT2D eigenvalue weighted by atomic mass is 32.2. The van der Waals surface area contributed by atoms with Crippen molar-refractivity contribution in [3.05, 3.63) is 29.6 Å². The van der Waals surface area contributed by atoms with Gasteiger partial charge in [0, 0.05) is 32.8 Å². The molecule has 120 valence electrons. The molecule has 2 N–H and O–H groups in total. The lowest BCUT2D eigenvalue weighted by atomic mass is 10.2. The first-order valence-corrected chi connectivity index (χ1v) is 8.35. The highest BCUT2D eigenvalue weighted by molar-refractivity contribution is 7.89. The van der Waals surface area contributed by atoms with Crippen LogP contribution in [-0.2, 0) is 21.3 Å². The van der Waals surface area contributed by atoms with Gasteiger partial charge in [0.1, 0.15) is 5.82 Å². The van der Waals surface area contributed by atoms with Gasteiger partial charge in [-0.15, -0.1) is 0 Å². The molecule has 0 saturated carbocycles. The van der Waals surface area contributed by atoms with Crippen molar-refractivity contribution in [1.29, 1.82) is 0 Å². The normalized spacial score (nSPS) is 12.0. The maximum atomic E-state index is 13.4. The number of sulfonamides is 1. The second kappa shape index (κ2) is 8.43. The van der Waals surface area contributed by atoms with E-state index in [0.717, 1.165) is 6.07 Å². The van der Waals surface area contributed by atoms with Gasteiger partial charge in [0.05, 0.1) is 4.90 Å². The summed E-state index contributed by atoms with van der Waals surface area (Å²) in [6, 6.07) is 4.02. The van der Waals surface area contributed by atoms with E-state index in [1.54, 1.807) is 7.11 Å². The zero-order valence-corrected chi connectivity index (χ0v) is 13.5. The molecule has 21 heavy (non-hydrogen) atoms. The molecule has 0 atom stereocenters. The summed E-state index contributed by atoms with van der Waals surface area (Å²) in [5, 5.41) is 3.14. The van der Waals surface area contributed by atoms with Gasteiger partial charge in [-0.1, -0.05) is 19.9 Å². The zero-order valence-electron chi connectivity index (χ0n) is 12.6. The van der Waals surface area contributed by atoms with Crippen LogP contribution in [-0.4, -0.2) is 34.7 Å². The van der Waals surface area contributed by atoms with E-state index in [1.807, 2.05) is 13.8 Å². The number of methoxy groups -OCH3 is 1. The van der Waals surface area contributed by atoms with Gasteiger partial charge in [-0.3, -0.25) is 0 Å². The zero-order chi connectivity index (χ0) is 15.9. The van der Waals surface area contributed by atoms with E-state index >= 15 is 0 Å². The maximum Gasteiger partial charge on any atom is 0.240 e. The van der Waals surface area contributed by atoms with Crippen molar-refractivity contribution in [3.8, 4) is 0 Å². The molecule has 5 nitrogen and oxygen atoms in total. The summed E-state index contributed by atoms with van der Waals surface area (Å²) in [6.07, 6.45) is 0.560.